The SMILES string of the molecule is COc1c(C)cnc(CSc2ccc(NC(=O)Nc3ccc(Cl)cc3)cc2)c1C. The molecule has 0 unspecified atom stereocenters. The molecule has 0 bridgehead atoms. The van der Waals surface area contributed by atoms with E-state index in [0.29, 0.717) is 16.4 Å². The largest absolute Gasteiger partial charge is 0.496 e. The number of aryl methyl sites for hydroxylation is 1. The fourth-order valence-electron chi connectivity index (χ4n) is 2.83. The minimum atomic E-state index is -0.306. The van der Waals surface area contributed by atoms with Crippen molar-refractivity contribution in [2.24, 2.45) is 0 Å². The van der Waals surface area contributed by atoms with Crippen LogP contribution in [0.2, 0.25) is 5.02 Å². The van der Waals surface area contributed by atoms with Crippen molar-refractivity contribution in [3.05, 3.63) is 76.6 Å². The first kappa shape index (κ1) is 21.0. The molecule has 1 heterocycles. The number of hydrogen-bond acceptors (Lipinski definition) is 4. The number of benzene rings is 2. The predicted molar refractivity (Wildman–Crippen MR) is 120 cm³/mol. The molecule has 2 amide bonds. The van der Waals surface area contributed by atoms with Gasteiger partial charge in [0.15, 0.2) is 0 Å². The van der Waals surface area contributed by atoms with Gasteiger partial charge in [0.25, 0.3) is 0 Å². The number of nitrogens with one attached hydrogen (secondary N) is 2. The van der Waals surface area contributed by atoms with E-state index in [0.717, 1.165) is 33.2 Å². The molecule has 0 spiro atoms. The lowest BCUT2D eigenvalue weighted by atomic mass is 10.1. The summed E-state index contributed by atoms with van der Waals surface area (Å²) < 4.78 is 5.47. The number of nitrogens with zero attached hydrogens (tertiary/aromatic N) is 1. The third kappa shape index (κ3) is 5.65. The molecule has 0 atom stereocenters. The molecule has 0 aliphatic rings. The molecule has 0 saturated heterocycles. The minimum absolute atomic E-state index is 0.306. The van der Waals surface area contributed by atoms with Crippen LogP contribution < -0.4 is 15.4 Å². The molecule has 3 aromatic rings. The second-order valence-electron chi connectivity index (χ2n) is 6.45. The third-order valence-corrected chi connectivity index (χ3v) is 5.61. The molecule has 150 valence electrons. The van der Waals surface area contributed by atoms with E-state index in [9.17, 15) is 4.79 Å². The molecule has 2 aromatic carbocycles. The fraction of sp³-hybridized carbons (Fsp3) is 0.182. The zero-order valence-electron chi connectivity index (χ0n) is 16.5. The van der Waals surface area contributed by atoms with E-state index in [1.54, 1.807) is 43.1 Å². The number of rotatable bonds is 6. The standard InChI is InChI=1S/C22H22ClN3O2S/c1-14-12-24-20(15(2)21(14)28-3)13-29-19-10-8-18(9-11-19)26-22(27)25-17-6-4-16(23)5-7-17/h4-12H,13H2,1-3H3,(H2,25,26,27). The van der Waals surface area contributed by atoms with Gasteiger partial charge >= 0.3 is 6.03 Å². The lowest BCUT2D eigenvalue weighted by Gasteiger charge is -2.12. The maximum Gasteiger partial charge on any atom is 0.323 e. The molecule has 2 N–H and O–H groups in total. The van der Waals surface area contributed by atoms with Crippen molar-refractivity contribution in [1.29, 1.82) is 0 Å². The maximum absolute atomic E-state index is 12.1. The van der Waals surface area contributed by atoms with E-state index in [-0.39, 0.29) is 6.03 Å². The Bertz CT molecular complexity index is 992. The number of methoxy groups -OCH3 is 1. The molecule has 5 nitrogen and oxygen atoms in total. The molecule has 1 aromatic heterocycles. The quantitative estimate of drug-likeness (QED) is 0.453. The first-order valence-electron chi connectivity index (χ1n) is 9.02. The molecule has 7 heteroatoms. The summed E-state index contributed by atoms with van der Waals surface area (Å²) in [4.78, 5) is 17.7. The molecule has 0 radical (unpaired) electrons. The van der Waals surface area contributed by atoms with Crippen molar-refractivity contribution < 1.29 is 9.53 Å². The predicted octanol–water partition coefficient (Wildman–Crippen LogP) is 6.30. The smallest absolute Gasteiger partial charge is 0.323 e. The normalized spacial score (nSPS) is 10.5. The highest BCUT2D eigenvalue weighted by atomic mass is 35.5. The number of halogens is 1. The monoisotopic (exact) mass is 427 g/mol. The van der Waals surface area contributed by atoms with Crippen LogP contribution in [0.4, 0.5) is 16.2 Å². The number of anilines is 2. The molecule has 0 aliphatic heterocycles. The van der Waals surface area contributed by atoms with Gasteiger partial charge in [-0.1, -0.05) is 11.6 Å². The molecule has 0 aliphatic carbocycles. The van der Waals surface area contributed by atoms with Gasteiger partial charge in [0.05, 0.1) is 12.8 Å². The number of ether oxygens (including phenoxy) is 1. The Labute approximate surface area is 179 Å². The summed E-state index contributed by atoms with van der Waals surface area (Å²) in [7, 11) is 1.68. The van der Waals surface area contributed by atoms with E-state index < -0.39 is 0 Å². The van der Waals surface area contributed by atoms with Gasteiger partial charge in [0.2, 0.25) is 0 Å². The molecule has 0 saturated carbocycles. The Kier molecular flexibility index (Phi) is 7.01. The topological polar surface area (TPSA) is 63.2 Å². The highest BCUT2D eigenvalue weighted by Crippen LogP contribution is 2.29. The van der Waals surface area contributed by atoms with Gasteiger partial charge in [-0.2, -0.15) is 0 Å². The maximum atomic E-state index is 12.1. The van der Waals surface area contributed by atoms with Crippen molar-refractivity contribution in [3.8, 4) is 5.75 Å². The zero-order valence-corrected chi connectivity index (χ0v) is 18.0. The Morgan fingerprint density at radius 2 is 1.62 bits per heavy atom. The number of amides is 2. The second-order valence-corrected chi connectivity index (χ2v) is 7.93. The lowest BCUT2D eigenvalue weighted by molar-refractivity contribution is 0.262. The summed E-state index contributed by atoms with van der Waals surface area (Å²) in [6.07, 6.45) is 1.84. The van der Waals surface area contributed by atoms with Crippen LogP contribution in [0.25, 0.3) is 0 Å². The van der Waals surface area contributed by atoms with Gasteiger partial charge in [-0.15, -0.1) is 11.8 Å². The number of urea groups is 1. The van der Waals surface area contributed by atoms with Crippen molar-refractivity contribution in [3.63, 3.8) is 0 Å². The first-order chi connectivity index (χ1) is 14.0. The molecular weight excluding hydrogens is 406 g/mol. The van der Waals surface area contributed by atoms with Crippen LogP contribution >= 0.6 is 23.4 Å². The molecule has 3 rings (SSSR count). The van der Waals surface area contributed by atoms with E-state index in [2.05, 4.69) is 15.6 Å². The lowest BCUT2D eigenvalue weighted by Crippen LogP contribution is -2.19. The zero-order chi connectivity index (χ0) is 20.8. The van der Waals surface area contributed by atoms with Crippen LogP contribution in [0, 0.1) is 13.8 Å². The minimum Gasteiger partial charge on any atom is -0.496 e. The summed E-state index contributed by atoms with van der Waals surface area (Å²) in [6.45, 7) is 4.02. The van der Waals surface area contributed by atoms with Crippen LogP contribution in [-0.4, -0.2) is 18.1 Å². The Balaban J connectivity index is 1.56. The summed E-state index contributed by atoms with van der Waals surface area (Å²) >= 11 is 7.53. The van der Waals surface area contributed by atoms with Crippen LogP contribution in [0.3, 0.4) is 0 Å². The number of carbonyl (C=O) groups excluding carboxylic acids is 1. The van der Waals surface area contributed by atoms with Crippen molar-refractivity contribution in [2.45, 2.75) is 24.5 Å². The van der Waals surface area contributed by atoms with Gasteiger partial charge in [0, 0.05) is 44.4 Å². The third-order valence-electron chi connectivity index (χ3n) is 4.34. The van der Waals surface area contributed by atoms with Crippen molar-refractivity contribution in [2.75, 3.05) is 17.7 Å². The molecule has 29 heavy (non-hydrogen) atoms. The van der Waals surface area contributed by atoms with Crippen molar-refractivity contribution in [1.82, 2.24) is 4.98 Å². The van der Waals surface area contributed by atoms with E-state index in [1.807, 2.05) is 44.3 Å². The van der Waals surface area contributed by atoms with Crippen LogP contribution in [-0.2, 0) is 5.75 Å². The van der Waals surface area contributed by atoms with Crippen LogP contribution in [0.1, 0.15) is 16.8 Å². The molecule has 0 fully saturated rings. The average molecular weight is 428 g/mol. The Hall–Kier alpha value is -2.70. The van der Waals surface area contributed by atoms with Gasteiger partial charge in [0.1, 0.15) is 5.75 Å². The highest BCUT2D eigenvalue weighted by Gasteiger charge is 2.10. The average Bonchev–Trinajstić information content (AvgIpc) is 2.71. The first-order valence-corrected chi connectivity index (χ1v) is 10.4. The molecular formula is C22H22ClN3O2S. The van der Waals surface area contributed by atoms with Crippen molar-refractivity contribution >= 4 is 40.8 Å². The fourth-order valence-corrected chi connectivity index (χ4v) is 3.88. The van der Waals surface area contributed by atoms with Gasteiger partial charge in [-0.05, 0) is 62.4 Å². The number of carbonyl (C=O) groups is 1. The number of hydrogen-bond donors (Lipinski definition) is 2. The van der Waals surface area contributed by atoms with Gasteiger partial charge in [-0.3, -0.25) is 4.98 Å². The number of thioether (sulfide) groups is 1. The Morgan fingerprint density at radius 3 is 2.21 bits per heavy atom. The van der Waals surface area contributed by atoms with E-state index in [1.165, 1.54) is 0 Å². The number of aromatic nitrogens is 1. The Morgan fingerprint density at radius 1 is 1.03 bits per heavy atom. The summed E-state index contributed by atoms with van der Waals surface area (Å²) in [5.74, 6) is 1.63. The van der Waals surface area contributed by atoms with Gasteiger partial charge < -0.3 is 15.4 Å². The highest BCUT2D eigenvalue weighted by molar-refractivity contribution is 7.98. The summed E-state index contributed by atoms with van der Waals surface area (Å²) in [5, 5.41) is 6.21. The summed E-state index contributed by atoms with van der Waals surface area (Å²) in [6, 6.07) is 14.3. The van der Waals surface area contributed by atoms with Gasteiger partial charge in [-0.25, -0.2) is 4.79 Å². The van der Waals surface area contributed by atoms with E-state index >= 15 is 0 Å². The van der Waals surface area contributed by atoms with Crippen LogP contribution in [0.5, 0.6) is 5.75 Å². The number of pyridine rings is 1. The van der Waals surface area contributed by atoms with Crippen LogP contribution in [0.15, 0.2) is 59.6 Å². The van der Waals surface area contributed by atoms with E-state index in [4.69, 9.17) is 16.3 Å². The second kappa shape index (κ2) is 9.67. The summed E-state index contributed by atoms with van der Waals surface area (Å²) in [5.41, 5.74) is 4.49.